The molecular weight excluding hydrogens is 542 g/mol. The van der Waals surface area contributed by atoms with Crippen LogP contribution in [0.2, 0.25) is 5.02 Å². The summed E-state index contributed by atoms with van der Waals surface area (Å²) in [4.78, 5) is 46.2. The highest BCUT2D eigenvalue weighted by atomic mass is 35.5. The Morgan fingerprint density at radius 2 is 1.90 bits per heavy atom. The number of nitrogens with one attached hydrogen (secondary N) is 1. The van der Waals surface area contributed by atoms with Gasteiger partial charge in [0.05, 0.1) is 21.1 Å². The van der Waals surface area contributed by atoms with Crippen LogP contribution in [0.5, 0.6) is 0 Å². The minimum Gasteiger partial charge on any atom is -0.353 e. The van der Waals surface area contributed by atoms with E-state index in [0.717, 1.165) is 67.0 Å². The summed E-state index contributed by atoms with van der Waals surface area (Å²) in [6, 6.07) is 5.55. The van der Waals surface area contributed by atoms with E-state index in [4.69, 9.17) is 16.6 Å². The van der Waals surface area contributed by atoms with Gasteiger partial charge in [0.1, 0.15) is 5.78 Å². The summed E-state index contributed by atoms with van der Waals surface area (Å²) in [6.45, 7) is 5.04. The van der Waals surface area contributed by atoms with Gasteiger partial charge in [-0.05, 0) is 81.8 Å². The third-order valence-electron chi connectivity index (χ3n) is 8.30. The second-order valence-corrected chi connectivity index (χ2v) is 13.1. The van der Waals surface area contributed by atoms with Crippen LogP contribution in [0.4, 0.5) is 0 Å². The van der Waals surface area contributed by atoms with Crippen LogP contribution < -0.4 is 5.32 Å². The molecule has 218 valence electrons. The fourth-order valence-electron chi connectivity index (χ4n) is 6.10. The first kappa shape index (κ1) is 30.9. The fourth-order valence-corrected chi connectivity index (χ4v) is 7.42. The molecule has 1 aromatic carbocycles. The van der Waals surface area contributed by atoms with Crippen LogP contribution in [-0.4, -0.2) is 53.0 Å². The molecule has 0 spiro atoms. The lowest BCUT2D eigenvalue weighted by atomic mass is 9.91. The molecule has 0 unspecified atom stereocenters. The van der Waals surface area contributed by atoms with Crippen LogP contribution in [0.3, 0.4) is 0 Å². The third kappa shape index (κ3) is 9.49. The number of piperidine rings is 1. The minimum atomic E-state index is -0.473. The van der Waals surface area contributed by atoms with Crippen molar-refractivity contribution in [1.82, 2.24) is 15.2 Å². The van der Waals surface area contributed by atoms with Crippen LogP contribution in [-0.2, 0) is 20.8 Å². The van der Waals surface area contributed by atoms with Crippen molar-refractivity contribution in [2.45, 2.75) is 96.4 Å². The van der Waals surface area contributed by atoms with Gasteiger partial charge in [-0.25, -0.2) is 4.98 Å². The molecule has 2 atom stereocenters. The van der Waals surface area contributed by atoms with E-state index in [2.05, 4.69) is 10.2 Å². The summed E-state index contributed by atoms with van der Waals surface area (Å²) in [5, 5.41) is 4.81. The maximum absolute atomic E-state index is 13.7. The molecule has 1 N–H and O–H groups in total. The van der Waals surface area contributed by atoms with Gasteiger partial charge in [-0.2, -0.15) is 0 Å². The zero-order chi connectivity index (χ0) is 28.3. The number of allylic oxidation sites excluding steroid dienone is 1. The second-order valence-electron chi connectivity index (χ2n) is 11.5. The summed E-state index contributed by atoms with van der Waals surface area (Å²) in [5.74, 6) is 0.0480. The molecule has 1 aromatic heterocycles. The predicted octanol–water partition coefficient (Wildman–Crippen LogP) is 6.93. The lowest BCUT2D eigenvalue weighted by molar-refractivity contribution is -0.130. The number of carbonyl (C=O) groups is 3. The molecule has 4 rings (SSSR count). The lowest BCUT2D eigenvalue weighted by Crippen LogP contribution is -2.44. The Morgan fingerprint density at radius 1 is 1.12 bits per heavy atom. The van der Waals surface area contributed by atoms with Crippen molar-refractivity contribution < 1.29 is 14.4 Å². The van der Waals surface area contributed by atoms with Crippen LogP contribution in [0, 0.1) is 11.8 Å². The fraction of sp³-hybridized carbons (Fsp3) is 0.625. The lowest BCUT2D eigenvalue weighted by Gasteiger charge is -2.27. The van der Waals surface area contributed by atoms with Gasteiger partial charge in [-0.15, -0.1) is 11.3 Å². The number of carbonyl (C=O) groups excluding carboxylic acids is 3. The molecule has 40 heavy (non-hydrogen) atoms. The predicted molar refractivity (Wildman–Crippen MR) is 164 cm³/mol. The maximum atomic E-state index is 13.7. The first-order chi connectivity index (χ1) is 19.4. The Bertz CT molecular complexity index is 1170. The van der Waals surface area contributed by atoms with E-state index < -0.39 is 5.92 Å². The van der Waals surface area contributed by atoms with Gasteiger partial charge in [0.15, 0.2) is 5.78 Å². The van der Waals surface area contributed by atoms with Crippen molar-refractivity contribution in [2.75, 3.05) is 19.6 Å². The largest absolute Gasteiger partial charge is 0.353 e. The number of hydrogen-bond donors (Lipinski definition) is 1. The Kier molecular flexibility index (Phi) is 12.2. The topological polar surface area (TPSA) is 79.4 Å². The Balaban J connectivity index is 1.39. The molecule has 1 aliphatic carbocycles. The van der Waals surface area contributed by atoms with Crippen molar-refractivity contribution >= 4 is 50.6 Å². The molecule has 1 amide bonds. The molecule has 0 radical (unpaired) electrons. The zero-order valence-electron chi connectivity index (χ0n) is 23.8. The second kappa shape index (κ2) is 15.8. The van der Waals surface area contributed by atoms with E-state index in [1.807, 2.05) is 31.2 Å². The SMILES string of the molecule is CCCC(=O)C[C@@H](Cc1nc2ccc(Cl)cc2s1)C(=O)N[C@H](CCC(=O)/C=C/CN1CCCCC1)C1CCCC1. The van der Waals surface area contributed by atoms with E-state index >= 15 is 0 Å². The maximum Gasteiger partial charge on any atom is 0.224 e. The number of benzene rings is 1. The van der Waals surface area contributed by atoms with Gasteiger partial charge < -0.3 is 5.32 Å². The zero-order valence-corrected chi connectivity index (χ0v) is 25.4. The highest BCUT2D eigenvalue weighted by Crippen LogP contribution is 2.31. The van der Waals surface area contributed by atoms with Crippen LogP contribution in [0.1, 0.15) is 89.0 Å². The Morgan fingerprint density at radius 3 is 2.65 bits per heavy atom. The molecule has 1 saturated carbocycles. The van der Waals surface area contributed by atoms with E-state index in [1.54, 1.807) is 6.08 Å². The van der Waals surface area contributed by atoms with Crippen molar-refractivity contribution in [3.63, 3.8) is 0 Å². The highest BCUT2D eigenvalue weighted by Gasteiger charge is 2.30. The standard InChI is InChI=1S/C32H44ClN3O3S/c1-2-9-27(38)20-24(21-31-34-29-15-13-25(33)22-30(29)40-31)32(39)35-28(23-10-4-5-11-23)16-14-26(37)12-8-19-36-17-6-3-7-18-36/h8,12-13,15,22-24,28H,2-7,9-11,14,16-21H2,1H3,(H,35,39)/b12-8+/t24-,28+/m0/s1. The molecule has 2 aromatic rings. The van der Waals surface area contributed by atoms with Gasteiger partial charge in [-0.3, -0.25) is 19.3 Å². The van der Waals surface area contributed by atoms with Crippen molar-refractivity contribution in [1.29, 1.82) is 0 Å². The number of Topliss-reactive ketones (excluding diaryl/α,β-unsaturated/α-hetero) is 1. The van der Waals surface area contributed by atoms with Gasteiger partial charge in [0.2, 0.25) is 5.91 Å². The summed E-state index contributed by atoms with van der Waals surface area (Å²) in [7, 11) is 0. The molecule has 1 saturated heterocycles. The van der Waals surface area contributed by atoms with Crippen molar-refractivity contribution in [3.8, 4) is 0 Å². The van der Waals surface area contributed by atoms with Gasteiger partial charge in [0, 0.05) is 43.3 Å². The number of ketones is 2. The molecule has 1 aliphatic heterocycles. The van der Waals surface area contributed by atoms with E-state index in [-0.39, 0.29) is 29.9 Å². The molecule has 0 bridgehead atoms. The summed E-state index contributed by atoms with van der Waals surface area (Å²) in [6.07, 6.45) is 14.9. The quantitative estimate of drug-likeness (QED) is 0.229. The highest BCUT2D eigenvalue weighted by molar-refractivity contribution is 7.18. The van der Waals surface area contributed by atoms with E-state index in [9.17, 15) is 14.4 Å². The van der Waals surface area contributed by atoms with Gasteiger partial charge in [0.25, 0.3) is 0 Å². The smallest absolute Gasteiger partial charge is 0.224 e. The number of amides is 1. The molecule has 2 heterocycles. The Hall–Kier alpha value is -2.09. The Labute approximate surface area is 247 Å². The first-order valence-electron chi connectivity index (χ1n) is 15.2. The number of aromatic nitrogens is 1. The molecular formula is C32H44ClN3O3S. The molecule has 6 nitrogen and oxygen atoms in total. The summed E-state index contributed by atoms with van der Waals surface area (Å²) >= 11 is 7.69. The van der Waals surface area contributed by atoms with Crippen molar-refractivity contribution in [3.05, 3.63) is 40.4 Å². The summed E-state index contributed by atoms with van der Waals surface area (Å²) in [5.41, 5.74) is 0.860. The summed E-state index contributed by atoms with van der Waals surface area (Å²) < 4.78 is 0.984. The van der Waals surface area contributed by atoms with Gasteiger partial charge in [-0.1, -0.05) is 43.9 Å². The monoisotopic (exact) mass is 585 g/mol. The minimum absolute atomic E-state index is 0.0487. The average Bonchev–Trinajstić information content (AvgIpc) is 3.61. The normalized spacial score (nSPS) is 18.4. The number of rotatable bonds is 15. The van der Waals surface area contributed by atoms with E-state index in [0.29, 0.717) is 36.6 Å². The van der Waals surface area contributed by atoms with Crippen molar-refractivity contribution in [2.24, 2.45) is 11.8 Å². The molecule has 2 fully saturated rings. The number of nitrogens with zero attached hydrogens (tertiary/aromatic N) is 2. The molecule has 8 heteroatoms. The third-order valence-corrected chi connectivity index (χ3v) is 9.58. The number of likely N-dealkylation sites (tertiary alicyclic amines) is 1. The number of halogens is 1. The number of fused-ring (bicyclic) bond motifs is 1. The van der Waals surface area contributed by atoms with Crippen LogP contribution in [0.25, 0.3) is 10.2 Å². The van der Waals surface area contributed by atoms with E-state index in [1.165, 1.54) is 30.6 Å². The number of hydrogen-bond acceptors (Lipinski definition) is 6. The molecule has 2 aliphatic rings. The number of thiazole rings is 1. The van der Waals surface area contributed by atoms with Crippen LogP contribution >= 0.6 is 22.9 Å². The average molecular weight is 586 g/mol. The van der Waals surface area contributed by atoms with Crippen LogP contribution in [0.15, 0.2) is 30.4 Å². The first-order valence-corrected chi connectivity index (χ1v) is 16.4. The van der Waals surface area contributed by atoms with Gasteiger partial charge >= 0.3 is 0 Å².